The van der Waals surface area contributed by atoms with Crippen molar-refractivity contribution in [3.8, 4) is 11.3 Å². The van der Waals surface area contributed by atoms with Crippen molar-refractivity contribution >= 4 is 5.69 Å². The maximum absolute atomic E-state index is 13.3. The Morgan fingerprint density at radius 2 is 1.64 bits per heavy atom. The Kier molecular flexibility index (Phi) is 4.31. The molecule has 0 N–H and O–H groups in total. The van der Waals surface area contributed by atoms with Crippen molar-refractivity contribution in [2.75, 3.05) is 0 Å². The van der Waals surface area contributed by atoms with E-state index in [0.29, 0.717) is 11.1 Å². The second-order valence-corrected chi connectivity index (χ2v) is 5.43. The molecule has 0 unspecified atom stereocenters. The maximum Gasteiger partial charge on any atom is 0.449 e. The molecule has 4 nitrogen and oxygen atoms in total. The van der Waals surface area contributed by atoms with Crippen LogP contribution in [0.2, 0.25) is 0 Å². The summed E-state index contributed by atoms with van der Waals surface area (Å²) < 4.78 is 44.9. The van der Waals surface area contributed by atoms with Crippen molar-refractivity contribution in [2.24, 2.45) is 0 Å². The molecule has 0 fully saturated rings. The molecule has 0 aliphatic heterocycles. The zero-order valence-corrected chi connectivity index (χ0v) is 12.8. The minimum Gasteiger partial charge on any atom is -0.451 e. The van der Waals surface area contributed by atoms with E-state index < -0.39 is 16.9 Å². The number of nitro groups is 1. The predicted molar refractivity (Wildman–Crippen MR) is 85.0 cm³/mol. The maximum atomic E-state index is 13.3. The average molecular weight is 347 g/mol. The Morgan fingerprint density at radius 1 is 1.00 bits per heavy atom. The molecule has 0 saturated carbocycles. The number of rotatable bonds is 4. The third-order valence-corrected chi connectivity index (χ3v) is 3.67. The second-order valence-electron chi connectivity index (χ2n) is 5.43. The zero-order chi connectivity index (χ0) is 18.0. The van der Waals surface area contributed by atoms with Crippen molar-refractivity contribution in [3.63, 3.8) is 0 Å². The van der Waals surface area contributed by atoms with E-state index in [-0.39, 0.29) is 23.4 Å². The summed E-state index contributed by atoms with van der Waals surface area (Å²) in [7, 11) is 0. The van der Waals surface area contributed by atoms with Gasteiger partial charge in [0.1, 0.15) is 5.76 Å². The highest BCUT2D eigenvalue weighted by molar-refractivity contribution is 5.59. The van der Waals surface area contributed by atoms with Crippen LogP contribution in [0.15, 0.2) is 65.1 Å². The highest BCUT2D eigenvalue weighted by Crippen LogP contribution is 2.38. The molecule has 1 heterocycles. The van der Waals surface area contributed by atoms with Crippen LogP contribution in [-0.4, -0.2) is 4.92 Å². The van der Waals surface area contributed by atoms with E-state index >= 15 is 0 Å². The third kappa shape index (κ3) is 3.71. The minimum atomic E-state index is -4.62. The first kappa shape index (κ1) is 16.8. The van der Waals surface area contributed by atoms with E-state index in [1.54, 1.807) is 30.3 Å². The number of benzene rings is 2. The van der Waals surface area contributed by atoms with Crippen LogP contribution in [0.4, 0.5) is 18.9 Å². The Labute approximate surface area is 140 Å². The van der Waals surface area contributed by atoms with E-state index in [9.17, 15) is 23.3 Å². The Morgan fingerprint density at radius 3 is 2.20 bits per heavy atom. The van der Waals surface area contributed by atoms with Gasteiger partial charge in [0.05, 0.1) is 4.92 Å². The number of alkyl halides is 3. The Bertz CT molecular complexity index is 884. The van der Waals surface area contributed by atoms with Crippen LogP contribution in [0, 0.1) is 10.1 Å². The molecular formula is C18H12F3NO3. The summed E-state index contributed by atoms with van der Waals surface area (Å²) in [6.07, 6.45) is -4.66. The fourth-order valence-electron chi connectivity index (χ4n) is 2.50. The summed E-state index contributed by atoms with van der Waals surface area (Å²) in [4.78, 5) is 10.1. The van der Waals surface area contributed by atoms with Gasteiger partial charge in [-0.3, -0.25) is 10.1 Å². The van der Waals surface area contributed by atoms with Gasteiger partial charge in [-0.15, -0.1) is 0 Å². The molecule has 7 heteroatoms. The highest BCUT2D eigenvalue weighted by Gasteiger charge is 2.38. The molecule has 0 bridgehead atoms. The van der Waals surface area contributed by atoms with Crippen molar-refractivity contribution in [1.29, 1.82) is 0 Å². The van der Waals surface area contributed by atoms with E-state index in [0.717, 1.165) is 0 Å². The summed E-state index contributed by atoms with van der Waals surface area (Å²) in [5, 5.41) is 10.7. The van der Waals surface area contributed by atoms with Crippen molar-refractivity contribution in [1.82, 2.24) is 0 Å². The van der Waals surface area contributed by atoms with Crippen molar-refractivity contribution in [3.05, 3.63) is 87.7 Å². The van der Waals surface area contributed by atoms with E-state index in [2.05, 4.69) is 0 Å². The lowest BCUT2D eigenvalue weighted by atomic mass is 10.0. The first-order valence-corrected chi connectivity index (χ1v) is 7.33. The van der Waals surface area contributed by atoms with Gasteiger partial charge in [0.2, 0.25) is 5.76 Å². The van der Waals surface area contributed by atoms with Crippen LogP contribution in [0.1, 0.15) is 16.9 Å². The molecule has 3 aromatic rings. The van der Waals surface area contributed by atoms with Crippen molar-refractivity contribution in [2.45, 2.75) is 12.6 Å². The predicted octanol–water partition coefficient (Wildman–Crippen LogP) is 5.46. The molecule has 0 radical (unpaired) electrons. The van der Waals surface area contributed by atoms with Crippen LogP contribution < -0.4 is 0 Å². The fraction of sp³-hybridized carbons (Fsp3) is 0.111. The van der Waals surface area contributed by atoms with E-state index in [1.807, 2.05) is 0 Å². The summed E-state index contributed by atoms with van der Waals surface area (Å²) in [5.74, 6) is -0.922. The summed E-state index contributed by atoms with van der Waals surface area (Å²) >= 11 is 0. The van der Waals surface area contributed by atoms with Gasteiger partial charge < -0.3 is 4.42 Å². The molecule has 2 aromatic carbocycles. The lowest BCUT2D eigenvalue weighted by Crippen LogP contribution is -2.06. The van der Waals surface area contributed by atoms with Gasteiger partial charge in [-0.2, -0.15) is 13.2 Å². The second kappa shape index (κ2) is 6.43. The lowest BCUT2D eigenvalue weighted by Gasteiger charge is -2.06. The van der Waals surface area contributed by atoms with E-state index in [4.69, 9.17) is 4.42 Å². The van der Waals surface area contributed by atoms with Crippen LogP contribution in [-0.2, 0) is 12.6 Å². The number of hydrogen-bond acceptors (Lipinski definition) is 3. The smallest absolute Gasteiger partial charge is 0.449 e. The normalized spacial score (nSPS) is 11.5. The molecule has 3 rings (SSSR count). The number of halogens is 3. The lowest BCUT2D eigenvalue weighted by molar-refractivity contribution is -0.384. The van der Waals surface area contributed by atoms with Gasteiger partial charge in [0.15, 0.2) is 0 Å². The summed E-state index contributed by atoms with van der Waals surface area (Å²) in [5.41, 5.74) is 0.941. The molecule has 0 amide bonds. The SMILES string of the molecule is O=[N+]([O-])c1ccc(Cc2cc(-c3ccccc3)oc2C(F)(F)F)cc1. The molecular weight excluding hydrogens is 335 g/mol. The molecule has 128 valence electrons. The van der Waals surface area contributed by atoms with Crippen LogP contribution >= 0.6 is 0 Å². The van der Waals surface area contributed by atoms with Gasteiger partial charge in [0, 0.05) is 29.7 Å². The largest absolute Gasteiger partial charge is 0.451 e. The third-order valence-electron chi connectivity index (χ3n) is 3.67. The van der Waals surface area contributed by atoms with Crippen LogP contribution in [0.3, 0.4) is 0 Å². The van der Waals surface area contributed by atoms with Gasteiger partial charge in [-0.25, -0.2) is 0 Å². The molecule has 0 aliphatic rings. The summed E-state index contributed by atoms with van der Waals surface area (Å²) in [6.45, 7) is 0. The first-order valence-electron chi connectivity index (χ1n) is 7.33. The van der Waals surface area contributed by atoms with Crippen LogP contribution in [0.5, 0.6) is 0 Å². The molecule has 0 atom stereocenters. The highest BCUT2D eigenvalue weighted by atomic mass is 19.4. The van der Waals surface area contributed by atoms with Gasteiger partial charge in [-0.1, -0.05) is 42.5 Å². The molecule has 1 aromatic heterocycles. The topological polar surface area (TPSA) is 56.3 Å². The first-order chi connectivity index (χ1) is 11.8. The summed E-state index contributed by atoms with van der Waals surface area (Å²) in [6, 6.07) is 15.3. The number of furan rings is 1. The molecule has 0 aliphatic carbocycles. The monoisotopic (exact) mass is 347 g/mol. The number of nitrogens with zero attached hydrogens (tertiary/aromatic N) is 1. The quantitative estimate of drug-likeness (QED) is 0.465. The molecule has 0 saturated heterocycles. The van der Waals surface area contributed by atoms with E-state index in [1.165, 1.54) is 30.3 Å². The Hall–Kier alpha value is -3.09. The van der Waals surface area contributed by atoms with Gasteiger partial charge >= 0.3 is 6.18 Å². The standard InChI is InChI=1S/C18H12F3NO3/c19-18(20,21)17-14(10-12-6-8-15(9-7-12)22(23)24)11-16(25-17)13-4-2-1-3-5-13/h1-9,11H,10H2. The number of hydrogen-bond donors (Lipinski definition) is 0. The fourth-order valence-corrected chi connectivity index (χ4v) is 2.50. The molecule has 0 spiro atoms. The van der Waals surface area contributed by atoms with Crippen molar-refractivity contribution < 1.29 is 22.5 Å². The van der Waals surface area contributed by atoms with Gasteiger partial charge in [0.25, 0.3) is 5.69 Å². The number of nitro benzene ring substituents is 1. The Balaban J connectivity index is 1.97. The zero-order valence-electron chi connectivity index (χ0n) is 12.8. The number of non-ortho nitro benzene ring substituents is 1. The van der Waals surface area contributed by atoms with Crippen LogP contribution in [0.25, 0.3) is 11.3 Å². The average Bonchev–Trinajstić information content (AvgIpc) is 3.00. The minimum absolute atomic E-state index is 0.0137. The van der Waals surface area contributed by atoms with Gasteiger partial charge in [-0.05, 0) is 11.6 Å². The molecule has 25 heavy (non-hydrogen) atoms.